The van der Waals surface area contributed by atoms with E-state index >= 15 is 0 Å². The molecule has 2 aromatic heterocycles. The summed E-state index contributed by atoms with van der Waals surface area (Å²) >= 11 is 0. The van der Waals surface area contributed by atoms with Crippen LogP contribution in [0.15, 0.2) is 12.7 Å². The molecule has 0 amide bonds. The van der Waals surface area contributed by atoms with Gasteiger partial charge >= 0.3 is 5.97 Å². The summed E-state index contributed by atoms with van der Waals surface area (Å²) in [7, 11) is 0. The second-order valence-electron chi connectivity index (χ2n) is 9.07. The Labute approximate surface area is 193 Å². The number of carbonyl (C=O) groups is 1. The number of nitrogens with one attached hydrogen (secondary N) is 1. The van der Waals surface area contributed by atoms with Gasteiger partial charge in [-0.1, -0.05) is 45.4 Å². The molecule has 2 aliphatic rings. The van der Waals surface area contributed by atoms with Crippen LogP contribution >= 0.6 is 0 Å². The second-order valence-corrected chi connectivity index (χ2v) is 9.07. The van der Waals surface area contributed by atoms with Crippen molar-refractivity contribution in [3.63, 3.8) is 0 Å². The summed E-state index contributed by atoms with van der Waals surface area (Å²) in [6.45, 7) is 2.04. The normalized spacial score (nSPS) is 25.7. The van der Waals surface area contributed by atoms with Crippen LogP contribution in [0.2, 0.25) is 0 Å². The number of hydrogen-bond donors (Lipinski definition) is 3. The highest BCUT2D eigenvalue weighted by Gasteiger charge is 2.45. The van der Waals surface area contributed by atoms with E-state index in [1.54, 1.807) is 4.57 Å². The van der Waals surface area contributed by atoms with Crippen LogP contribution in [0, 0.1) is 0 Å². The molecule has 4 rings (SSSR count). The van der Waals surface area contributed by atoms with E-state index in [1.165, 1.54) is 31.9 Å². The van der Waals surface area contributed by atoms with Gasteiger partial charge in [-0.15, -0.1) is 0 Å². The molecule has 0 spiro atoms. The summed E-state index contributed by atoms with van der Waals surface area (Å²) in [6.07, 6.45) is 9.03. The van der Waals surface area contributed by atoms with Crippen LogP contribution in [0.1, 0.15) is 77.4 Å². The van der Waals surface area contributed by atoms with E-state index < -0.39 is 24.5 Å². The van der Waals surface area contributed by atoms with E-state index in [2.05, 4.69) is 27.2 Å². The molecule has 1 saturated carbocycles. The van der Waals surface area contributed by atoms with Gasteiger partial charge in [-0.25, -0.2) is 15.0 Å². The number of fused-ring (bicyclic) bond motifs is 1. The van der Waals surface area contributed by atoms with Gasteiger partial charge in [0, 0.05) is 12.5 Å². The number of ether oxygens (including phenoxy) is 2. The van der Waals surface area contributed by atoms with Gasteiger partial charge in [-0.2, -0.15) is 0 Å². The van der Waals surface area contributed by atoms with E-state index in [4.69, 9.17) is 9.47 Å². The Morgan fingerprint density at radius 3 is 2.73 bits per heavy atom. The fourth-order valence-corrected chi connectivity index (χ4v) is 4.62. The van der Waals surface area contributed by atoms with Crippen LogP contribution in [0.25, 0.3) is 11.2 Å². The van der Waals surface area contributed by atoms with Crippen LogP contribution in [0.4, 0.5) is 5.82 Å². The van der Waals surface area contributed by atoms with E-state index in [-0.39, 0.29) is 12.6 Å². The van der Waals surface area contributed by atoms with Gasteiger partial charge in [0.25, 0.3) is 0 Å². The minimum atomic E-state index is -1.21. The Hall–Kier alpha value is -2.30. The van der Waals surface area contributed by atoms with Crippen LogP contribution in [0.3, 0.4) is 0 Å². The molecule has 182 valence electrons. The number of anilines is 1. The quantitative estimate of drug-likeness (QED) is 0.341. The minimum absolute atomic E-state index is 0.112. The largest absolute Gasteiger partial charge is 0.463 e. The third-order valence-corrected chi connectivity index (χ3v) is 6.56. The van der Waals surface area contributed by atoms with Gasteiger partial charge in [0.1, 0.15) is 31.2 Å². The number of aromatic nitrogens is 4. The van der Waals surface area contributed by atoms with E-state index in [1.807, 2.05) is 0 Å². The third kappa shape index (κ3) is 5.62. The Morgan fingerprint density at radius 2 is 1.94 bits per heavy atom. The molecule has 1 aliphatic carbocycles. The molecule has 10 nitrogen and oxygen atoms in total. The Balaban J connectivity index is 1.36. The molecule has 0 radical (unpaired) electrons. The first kappa shape index (κ1) is 23.8. The van der Waals surface area contributed by atoms with Gasteiger partial charge < -0.3 is 25.0 Å². The molecule has 1 saturated heterocycles. The number of rotatable bonds is 11. The first-order valence-corrected chi connectivity index (χ1v) is 12.2. The lowest BCUT2D eigenvalue weighted by atomic mass is 10.1. The van der Waals surface area contributed by atoms with Crippen molar-refractivity contribution in [3.05, 3.63) is 12.7 Å². The number of esters is 1. The zero-order valence-electron chi connectivity index (χ0n) is 19.2. The Bertz CT molecular complexity index is 916. The summed E-state index contributed by atoms with van der Waals surface area (Å²) in [5, 5.41) is 24.5. The van der Waals surface area contributed by atoms with E-state index in [9.17, 15) is 15.0 Å². The molecular formula is C23H35N5O5. The molecule has 2 aromatic rings. The van der Waals surface area contributed by atoms with Gasteiger partial charge in [-0.3, -0.25) is 9.36 Å². The van der Waals surface area contributed by atoms with Crippen LogP contribution in [-0.2, 0) is 14.3 Å². The predicted molar refractivity (Wildman–Crippen MR) is 121 cm³/mol. The maximum atomic E-state index is 12.0. The number of carbonyl (C=O) groups excluding carboxylic acids is 1. The molecule has 4 atom stereocenters. The summed E-state index contributed by atoms with van der Waals surface area (Å²) < 4.78 is 12.8. The van der Waals surface area contributed by atoms with Gasteiger partial charge in [0.2, 0.25) is 0 Å². The van der Waals surface area contributed by atoms with Gasteiger partial charge in [0.05, 0.1) is 6.33 Å². The van der Waals surface area contributed by atoms with Crippen molar-refractivity contribution in [2.75, 3.05) is 11.9 Å². The van der Waals surface area contributed by atoms with Crippen molar-refractivity contribution in [3.8, 4) is 0 Å². The SMILES string of the molecule is CCCCCCCC(=O)OC[C@H]1O[C@@H](n2cnc3c(NC4CCCC4)ncnc32)[C@H](O)[C@@H]1O. The molecular weight excluding hydrogens is 426 g/mol. The average molecular weight is 462 g/mol. The molecule has 3 N–H and O–H groups in total. The first-order valence-electron chi connectivity index (χ1n) is 12.2. The molecule has 2 fully saturated rings. The molecule has 33 heavy (non-hydrogen) atoms. The van der Waals surface area contributed by atoms with Crippen LogP contribution < -0.4 is 5.32 Å². The molecule has 3 heterocycles. The summed E-state index contributed by atoms with van der Waals surface area (Å²) in [6, 6.07) is 0.370. The standard InChI is InChI=1S/C23H35N5O5/c1-2-3-4-5-6-11-17(29)32-12-16-19(30)20(31)23(33-16)28-14-26-18-21(24-13-25-22(18)28)27-15-9-7-8-10-15/h13-16,19-20,23,30-31H,2-12H2,1H3,(H,24,25,27)/t16-,19-,20-,23-/m1/s1. The van der Waals surface area contributed by atoms with Gasteiger partial charge in [-0.05, 0) is 19.3 Å². The molecule has 0 unspecified atom stereocenters. The fraction of sp³-hybridized carbons (Fsp3) is 0.739. The second kappa shape index (κ2) is 11.2. The zero-order valence-corrected chi connectivity index (χ0v) is 19.2. The number of imidazole rings is 1. The van der Waals surface area contributed by atoms with Crippen molar-refractivity contribution >= 4 is 23.0 Å². The number of aliphatic hydroxyl groups is 2. The fourth-order valence-electron chi connectivity index (χ4n) is 4.62. The highest BCUT2D eigenvalue weighted by molar-refractivity contribution is 5.82. The van der Waals surface area contributed by atoms with Crippen molar-refractivity contribution in [2.45, 2.75) is 102 Å². The lowest BCUT2D eigenvalue weighted by Crippen LogP contribution is -2.34. The van der Waals surface area contributed by atoms with Crippen molar-refractivity contribution in [1.82, 2.24) is 19.5 Å². The minimum Gasteiger partial charge on any atom is -0.463 e. The summed E-state index contributed by atoms with van der Waals surface area (Å²) in [5.74, 6) is 0.340. The monoisotopic (exact) mass is 461 g/mol. The topological polar surface area (TPSA) is 132 Å². The molecule has 0 bridgehead atoms. The number of aliphatic hydroxyl groups excluding tert-OH is 2. The van der Waals surface area contributed by atoms with Crippen LogP contribution in [0.5, 0.6) is 0 Å². The average Bonchev–Trinajstić information content (AvgIpc) is 3.54. The third-order valence-electron chi connectivity index (χ3n) is 6.56. The maximum Gasteiger partial charge on any atom is 0.305 e. The highest BCUT2D eigenvalue weighted by Crippen LogP contribution is 2.33. The van der Waals surface area contributed by atoms with Crippen molar-refractivity contribution in [2.24, 2.45) is 0 Å². The number of hydrogen-bond acceptors (Lipinski definition) is 9. The highest BCUT2D eigenvalue weighted by atomic mass is 16.6. The summed E-state index contributed by atoms with van der Waals surface area (Å²) in [4.78, 5) is 25.1. The van der Waals surface area contributed by atoms with Crippen LogP contribution in [-0.4, -0.2) is 66.7 Å². The summed E-state index contributed by atoms with van der Waals surface area (Å²) in [5.41, 5.74) is 1.10. The van der Waals surface area contributed by atoms with Crippen molar-refractivity contribution < 1.29 is 24.5 Å². The molecule has 0 aromatic carbocycles. The van der Waals surface area contributed by atoms with Gasteiger partial charge in [0.15, 0.2) is 23.2 Å². The Kier molecular flexibility index (Phi) is 8.11. The Morgan fingerprint density at radius 1 is 1.15 bits per heavy atom. The maximum absolute atomic E-state index is 12.0. The predicted octanol–water partition coefficient (Wildman–Crippen LogP) is 2.70. The lowest BCUT2D eigenvalue weighted by Gasteiger charge is -2.17. The smallest absolute Gasteiger partial charge is 0.305 e. The number of nitrogens with zero attached hydrogens (tertiary/aromatic N) is 4. The van der Waals surface area contributed by atoms with Crippen molar-refractivity contribution in [1.29, 1.82) is 0 Å². The zero-order chi connectivity index (χ0) is 23.2. The molecule has 10 heteroatoms. The lowest BCUT2D eigenvalue weighted by molar-refractivity contribution is -0.150. The first-order chi connectivity index (χ1) is 16.1. The van der Waals surface area contributed by atoms with E-state index in [0.717, 1.165) is 38.5 Å². The number of unbranched alkanes of at least 4 members (excludes halogenated alkanes) is 4. The molecule has 1 aliphatic heterocycles. The van der Waals surface area contributed by atoms with E-state index in [0.29, 0.717) is 29.4 Å².